The number of furan rings is 1. The van der Waals surface area contributed by atoms with Gasteiger partial charge in [0.1, 0.15) is 35.4 Å². The fraction of sp³-hybridized carbons (Fsp3) is 0.308. The molecular weight excluding hydrogens is 462 g/mol. The van der Waals surface area contributed by atoms with E-state index in [-0.39, 0.29) is 30.9 Å². The van der Waals surface area contributed by atoms with E-state index in [0.29, 0.717) is 28.3 Å². The van der Waals surface area contributed by atoms with Gasteiger partial charge in [-0.15, -0.1) is 5.10 Å². The molecule has 36 heavy (non-hydrogen) atoms. The first-order valence-corrected chi connectivity index (χ1v) is 11.5. The summed E-state index contributed by atoms with van der Waals surface area (Å²) in [4.78, 5) is 28.9. The van der Waals surface area contributed by atoms with Crippen molar-refractivity contribution in [2.24, 2.45) is 0 Å². The largest absolute Gasteiger partial charge is 0.497 e. The predicted octanol–water partition coefficient (Wildman–Crippen LogP) is 3.34. The van der Waals surface area contributed by atoms with Gasteiger partial charge in [-0.3, -0.25) is 9.59 Å². The normalized spacial score (nSPS) is 11.9. The molecular formula is C26H29N5O5. The highest BCUT2D eigenvalue weighted by atomic mass is 16.5. The van der Waals surface area contributed by atoms with Gasteiger partial charge in [-0.05, 0) is 50.2 Å². The number of hydrogen-bond donors (Lipinski definition) is 1. The summed E-state index contributed by atoms with van der Waals surface area (Å²) in [5, 5.41) is 11.2. The molecule has 4 aromatic rings. The van der Waals surface area contributed by atoms with Crippen LogP contribution < -0.4 is 14.8 Å². The molecule has 2 aromatic carbocycles. The minimum absolute atomic E-state index is 0.0842. The Morgan fingerprint density at radius 3 is 2.58 bits per heavy atom. The number of aromatic nitrogens is 3. The number of para-hydroxylation sites is 1. The quantitative estimate of drug-likeness (QED) is 0.362. The maximum absolute atomic E-state index is 13.7. The SMILES string of the molecule is COc1ccc([C@H](C(=O)NCc2ccco2)N(C(=O)Cn2nnc3ccccc32)C(C)C)c(OC)c1. The molecule has 0 saturated heterocycles. The standard InChI is InChI=1S/C26H29N5O5/c1-17(2)31(24(32)16-30-22-10-6-5-9-21(22)28-29-30)25(26(33)27-15-19-8-7-13-36-19)20-12-11-18(34-3)14-23(20)35-4/h5-14,17,25H,15-16H2,1-4H3,(H,27,33)/t25-/m1/s1. The maximum atomic E-state index is 13.7. The zero-order chi connectivity index (χ0) is 25.7. The molecule has 0 aliphatic carbocycles. The van der Waals surface area contributed by atoms with Crippen LogP contribution in [0.3, 0.4) is 0 Å². The van der Waals surface area contributed by atoms with Crippen LogP contribution in [-0.2, 0) is 22.7 Å². The van der Waals surface area contributed by atoms with Crippen LogP contribution in [0.4, 0.5) is 0 Å². The van der Waals surface area contributed by atoms with Crippen molar-refractivity contribution in [3.63, 3.8) is 0 Å². The van der Waals surface area contributed by atoms with E-state index in [1.54, 1.807) is 37.4 Å². The Morgan fingerprint density at radius 2 is 1.89 bits per heavy atom. The third kappa shape index (κ3) is 5.17. The van der Waals surface area contributed by atoms with Gasteiger partial charge in [-0.25, -0.2) is 4.68 Å². The number of methoxy groups -OCH3 is 2. The van der Waals surface area contributed by atoms with Crippen LogP contribution >= 0.6 is 0 Å². The third-order valence-corrected chi connectivity index (χ3v) is 5.83. The van der Waals surface area contributed by atoms with Gasteiger partial charge in [0.25, 0.3) is 0 Å². The molecule has 0 unspecified atom stereocenters. The second-order valence-electron chi connectivity index (χ2n) is 8.44. The molecule has 4 rings (SSSR count). The number of amides is 2. The first-order chi connectivity index (χ1) is 17.4. The lowest BCUT2D eigenvalue weighted by Gasteiger charge is -2.35. The van der Waals surface area contributed by atoms with Gasteiger partial charge in [0.05, 0.1) is 32.5 Å². The van der Waals surface area contributed by atoms with Crippen LogP contribution in [0.1, 0.15) is 31.2 Å². The van der Waals surface area contributed by atoms with E-state index in [4.69, 9.17) is 13.9 Å². The Morgan fingerprint density at radius 1 is 1.08 bits per heavy atom. The molecule has 0 fully saturated rings. The highest BCUT2D eigenvalue weighted by molar-refractivity contribution is 5.90. The number of benzene rings is 2. The van der Waals surface area contributed by atoms with Gasteiger partial charge in [0.15, 0.2) is 0 Å². The van der Waals surface area contributed by atoms with Crippen LogP contribution in [0.15, 0.2) is 65.3 Å². The molecule has 0 saturated carbocycles. The summed E-state index contributed by atoms with van der Waals surface area (Å²) in [6.07, 6.45) is 1.54. The van der Waals surface area contributed by atoms with Gasteiger partial charge in [0.2, 0.25) is 11.8 Å². The zero-order valence-corrected chi connectivity index (χ0v) is 20.7. The summed E-state index contributed by atoms with van der Waals surface area (Å²) in [6, 6.07) is 14.8. The van der Waals surface area contributed by atoms with Gasteiger partial charge >= 0.3 is 0 Å². The number of hydrogen-bond acceptors (Lipinski definition) is 7. The van der Waals surface area contributed by atoms with Crippen molar-refractivity contribution >= 4 is 22.8 Å². The monoisotopic (exact) mass is 491 g/mol. The summed E-state index contributed by atoms with van der Waals surface area (Å²) in [6.45, 7) is 3.81. The second-order valence-corrected chi connectivity index (χ2v) is 8.44. The number of nitrogens with one attached hydrogen (secondary N) is 1. The molecule has 0 aliphatic heterocycles. The molecule has 0 aliphatic rings. The average Bonchev–Trinajstić information content (AvgIpc) is 3.55. The molecule has 188 valence electrons. The van der Waals surface area contributed by atoms with Crippen molar-refractivity contribution in [3.8, 4) is 11.5 Å². The van der Waals surface area contributed by atoms with E-state index in [0.717, 1.165) is 5.52 Å². The van der Waals surface area contributed by atoms with Gasteiger partial charge in [-0.1, -0.05) is 17.3 Å². The van der Waals surface area contributed by atoms with Crippen LogP contribution in [0, 0.1) is 0 Å². The average molecular weight is 492 g/mol. The minimum Gasteiger partial charge on any atom is -0.497 e. The van der Waals surface area contributed by atoms with Crippen molar-refractivity contribution in [2.45, 2.75) is 39.0 Å². The number of fused-ring (bicyclic) bond motifs is 1. The molecule has 2 aromatic heterocycles. The van der Waals surface area contributed by atoms with Crippen LogP contribution in [-0.4, -0.2) is 52.0 Å². The van der Waals surface area contributed by atoms with E-state index in [1.807, 2.05) is 38.1 Å². The molecule has 10 heteroatoms. The lowest BCUT2D eigenvalue weighted by molar-refractivity contribution is -0.143. The summed E-state index contributed by atoms with van der Waals surface area (Å²) in [7, 11) is 3.06. The van der Waals surface area contributed by atoms with Gasteiger partial charge < -0.3 is 24.1 Å². The van der Waals surface area contributed by atoms with E-state index in [2.05, 4.69) is 15.6 Å². The summed E-state index contributed by atoms with van der Waals surface area (Å²) in [5.41, 5.74) is 1.95. The van der Waals surface area contributed by atoms with Crippen molar-refractivity contribution in [3.05, 3.63) is 72.2 Å². The molecule has 0 bridgehead atoms. The van der Waals surface area contributed by atoms with E-state index < -0.39 is 6.04 Å². The molecule has 0 radical (unpaired) electrons. The van der Waals surface area contributed by atoms with Crippen molar-refractivity contribution in [1.82, 2.24) is 25.2 Å². The molecule has 1 atom stereocenters. The topological polar surface area (TPSA) is 112 Å². The first-order valence-electron chi connectivity index (χ1n) is 11.5. The zero-order valence-electron chi connectivity index (χ0n) is 20.7. The van der Waals surface area contributed by atoms with E-state index in [1.165, 1.54) is 23.0 Å². The first kappa shape index (κ1) is 24.8. The van der Waals surface area contributed by atoms with Gasteiger partial charge in [-0.2, -0.15) is 0 Å². The number of ether oxygens (including phenoxy) is 2. The number of rotatable bonds is 10. The van der Waals surface area contributed by atoms with Crippen molar-refractivity contribution in [2.75, 3.05) is 14.2 Å². The Hall–Kier alpha value is -4.34. The van der Waals surface area contributed by atoms with E-state index >= 15 is 0 Å². The van der Waals surface area contributed by atoms with Crippen molar-refractivity contribution in [1.29, 1.82) is 0 Å². The predicted molar refractivity (Wildman–Crippen MR) is 132 cm³/mol. The number of carbonyl (C=O) groups is 2. The molecule has 1 N–H and O–H groups in total. The fourth-order valence-electron chi connectivity index (χ4n) is 4.12. The van der Waals surface area contributed by atoms with Gasteiger partial charge in [0, 0.05) is 17.7 Å². The second kappa shape index (κ2) is 10.9. The number of carbonyl (C=O) groups excluding carboxylic acids is 2. The Labute approximate surface area is 208 Å². The Bertz CT molecular complexity index is 1330. The Balaban J connectivity index is 1.71. The summed E-state index contributed by atoms with van der Waals surface area (Å²) >= 11 is 0. The van der Waals surface area contributed by atoms with E-state index in [9.17, 15) is 9.59 Å². The van der Waals surface area contributed by atoms with Crippen LogP contribution in [0.5, 0.6) is 11.5 Å². The Kier molecular flexibility index (Phi) is 7.53. The molecule has 2 heterocycles. The van der Waals surface area contributed by atoms with Crippen LogP contribution in [0.2, 0.25) is 0 Å². The highest BCUT2D eigenvalue weighted by Crippen LogP contribution is 2.34. The highest BCUT2D eigenvalue weighted by Gasteiger charge is 2.35. The molecule has 2 amide bonds. The lowest BCUT2D eigenvalue weighted by atomic mass is 10.0. The summed E-state index contributed by atoms with van der Waals surface area (Å²) in [5.74, 6) is 0.927. The lowest BCUT2D eigenvalue weighted by Crippen LogP contribution is -2.48. The number of nitrogens with zero attached hydrogens (tertiary/aromatic N) is 4. The minimum atomic E-state index is -0.983. The summed E-state index contributed by atoms with van der Waals surface area (Å²) < 4.78 is 17.8. The fourth-order valence-corrected chi connectivity index (χ4v) is 4.12. The van der Waals surface area contributed by atoms with Crippen LogP contribution in [0.25, 0.3) is 11.0 Å². The third-order valence-electron chi connectivity index (χ3n) is 5.83. The molecule has 0 spiro atoms. The smallest absolute Gasteiger partial charge is 0.247 e. The molecule has 10 nitrogen and oxygen atoms in total. The maximum Gasteiger partial charge on any atom is 0.247 e. The van der Waals surface area contributed by atoms with Crippen molar-refractivity contribution < 1.29 is 23.5 Å².